The molecule has 20 atom stereocenters. The predicted molar refractivity (Wildman–Crippen MR) is 255 cm³/mol. The van der Waals surface area contributed by atoms with E-state index >= 15 is 0 Å². The molecule has 4 aromatic rings. The van der Waals surface area contributed by atoms with Gasteiger partial charge in [-0.1, -0.05) is 160 Å². The highest BCUT2D eigenvalue weighted by Gasteiger charge is 2.62. The zero-order valence-corrected chi connectivity index (χ0v) is 37.6. The van der Waals surface area contributed by atoms with E-state index in [1.165, 1.54) is 99.3 Å². The van der Waals surface area contributed by atoms with Gasteiger partial charge in [-0.2, -0.15) is 0 Å². The first kappa shape index (κ1) is 40.8. The van der Waals surface area contributed by atoms with Crippen LogP contribution in [-0.2, 0) is 0 Å². The molecule has 0 aromatic heterocycles. The van der Waals surface area contributed by atoms with Gasteiger partial charge in [0.2, 0.25) is 0 Å². The third-order valence-corrected chi connectivity index (χ3v) is 19.0. The molecule has 5 aliphatic heterocycles. The minimum absolute atomic E-state index is 0.0998. The molecule has 336 valence electrons. The molecule has 5 saturated heterocycles. The fraction of sp³-hybridized carbons (Fsp3) is 0.571. The van der Waals surface area contributed by atoms with Gasteiger partial charge >= 0.3 is 0 Å². The molecule has 0 amide bonds. The highest BCUT2D eigenvalue weighted by atomic mass is 15.4. The first-order chi connectivity index (χ1) is 31.7. The van der Waals surface area contributed by atoms with Crippen LogP contribution in [0.5, 0.6) is 0 Å². The first-order valence-corrected chi connectivity index (χ1v) is 26.0. The highest BCUT2D eigenvalue weighted by molar-refractivity contribution is 5.43. The maximum atomic E-state index is 4.56. The molecule has 13 rings (SSSR count). The van der Waals surface area contributed by atoms with Crippen LogP contribution in [0.1, 0.15) is 123 Å². The summed E-state index contributed by atoms with van der Waals surface area (Å²) in [5, 5.41) is 35.4. The van der Waals surface area contributed by atoms with Crippen molar-refractivity contribution in [1.29, 1.82) is 0 Å². The van der Waals surface area contributed by atoms with Crippen molar-refractivity contribution >= 4 is 0 Å². The van der Waals surface area contributed by atoms with Crippen LogP contribution >= 0.6 is 0 Å². The maximum Gasteiger partial charge on any atom is 0.0634 e. The Morgan fingerprint density at radius 3 is 0.688 bits per heavy atom. The van der Waals surface area contributed by atoms with E-state index in [4.69, 9.17) is 0 Å². The van der Waals surface area contributed by atoms with Gasteiger partial charge in [-0.05, 0) is 120 Å². The van der Waals surface area contributed by atoms with E-state index in [1.54, 1.807) is 0 Å². The molecule has 4 saturated carbocycles. The Morgan fingerprint density at radius 1 is 0.234 bits per heavy atom. The van der Waals surface area contributed by atoms with E-state index in [-0.39, 0.29) is 48.3 Å². The lowest BCUT2D eigenvalue weighted by atomic mass is 9.51. The van der Waals surface area contributed by atoms with Gasteiger partial charge in [0.15, 0.2) is 0 Å². The molecule has 9 fully saturated rings. The number of benzene rings is 4. The van der Waals surface area contributed by atoms with Crippen LogP contribution in [0.25, 0.3) is 0 Å². The molecule has 64 heavy (non-hydrogen) atoms. The number of hydrogen-bond acceptors (Lipinski definition) is 8. The standard InChI is InChI=1S/C56H72N8/c1-5-19-33(20-6-1)43-44(34-21-7-2-8-22-34)46(36-25-11-4-12-26-36)48-47(45(43)35-23-9-3-10-24-35)55-62-53-41-31-17-15-29-39(41)51(60-53)58-49-37-27-13-14-28-38(37)50(57-49)59-52-40-30-16-18-32-42(40)54(61-52)63-56(48)64-55/h1-12,19-26,37-64H,13-18,27-32H2. The Labute approximate surface area is 382 Å². The Hall–Kier alpha value is -3.44. The van der Waals surface area contributed by atoms with Gasteiger partial charge in [-0.25, -0.2) is 0 Å². The number of fused-ring (bicyclic) bond motifs is 20. The lowest BCUT2D eigenvalue weighted by Crippen LogP contribution is -2.62. The van der Waals surface area contributed by atoms with Gasteiger partial charge in [0.1, 0.15) is 0 Å². The van der Waals surface area contributed by atoms with E-state index in [2.05, 4.69) is 164 Å². The molecule has 8 nitrogen and oxygen atoms in total. The molecule has 4 aromatic carbocycles. The largest absolute Gasteiger partial charge is 0.286 e. The van der Waals surface area contributed by atoms with E-state index in [1.807, 2.05) is 0 Å². The van der Waals surface area contributed by atoms with Gasteiger partial charge in [-0.3, -0.25) is 42.5 Å². The van der Waals surface area contributed by atoms with Gasteiger partial charge in [0, 0.05) is 11.8 Å². The normalized spacial score (nSPS) is 44.9. The van der Waals surface area contributed by atoms with Crippen LogP contribution in [0.4, 0.5) is 0 Å². The molecular formula is C56H72N8. The van der Waals surface area contributed by atoms with Crippen molar-refractivity contribution in [2.45, 2.75) is 150 Å². The van der Waals surface area contributed by atoms with Crippen LogP contribution in [0.15, 0.2) is 121 Å². The van der Waals surface area contributed by atoms with Crippen LogP contribution in [-0.4, -0.2) is 49.3 Å². The number of hydrogen-bond donors (Lipinski definition) is 8. The Kier molecular flexibility index (Phi) is 11.0. The van der Waals surface area contributed by atoms with Crippen molar-refractivity contribution in [3.63, 3.8) is 0 Å². The Morgan fingerprint density at radius 2 is 0.438 bits per heavy atom. The molecule has 20 unspecified atom stereocenters. The molecular weight excluding hydrogens is 785 g/mol. The zero-order valence-electron chi connectivity index (χ0n) is 37.6. The Balaban J connectivity index is 0.986. The summed E-state index contributed by atoms with van der Waals surface area (Å²) in [5.41, 5.74) is 5.84. The van der Waals surface area contributed by atoms with Crippen molar-refractivity contribution in [1.82, 2.24) is 42.5 Å². The molecule has 0 radical (unpaired) electrons. The minimum atomic E-state index is 0.0998. The van der Waals surface area contributed by atoms with Crippen molar-refractivity contribution in [3.8, 4) is 0 Å². The Bertz CT molecular complexity index is 2020. The van der Waals surface area contributed by atoms with Gasteiger partial charge in [0.05, 0.1) is 49.3 Å². The fourth-order valence-corrected chi connectivity index (χ4v) is 16.6. The lowest BCUT2D eigenvalue weighted by molar-refractivity contribution is 0.105. The number of nitrogens with one attached hydrogen (secondary N) is 8. The zero-order chi connectivity index (χ0) is 42.1. The van der Waals surface area contributed by atoms with E-state index in [9.17, 15) is 0 Å². The molecule has 8 heteroatoms. The second-order valence-electron chi connectivity index (χ2n) is 21.9. The van der Waals surface area contributed by atoms with E-state index in [0.29, 0.717) is 72.0 Å². The maximum absolute atomic E-state index is 4.56. The lowest BCUT2D eigenvalue weighted by Gasteiger charge is -2.53. The first-order valence-electron chi connectivity index (χ1n) is 26.0. The minimum Gasteiger partial charge on any atom is -0.286 e. The summed E-state index contributed by atoms with van der Waals surface area (Å²) in [5.74, 6) is 5.45. The highest BCUT2D eigenvalue weighted by Crippen LogP contribution is 2.64. The smallest absolute Gasteiger partial charge is 0.0634 e. The SMILES string of the molecule is c1ccc(C2C(c3ccccc3)C(c3ccccc3)C3C4NC5NC(NC6NC(NC7NC(NC(N4)C3C2c2ccccc2)C2CCCCC72)C2CCCCC62)C2CCCCC52)cc1. The van der Waals surface area contributed by atoms with Gasteiger partial charge in [0.25, 0.3) is 0 Å². The summed E-state index contributed by atoms with van der Waals surface area (Å²) in [6, 6.07) is 46.8. The summed E-state index contributed by atoms with van der Waals surface area (Å²) in [4.78, 5) is 0. The molecule has 0 spiro atoms. The quantitative estimate of drug-likeness (QED) is 0.104. The van der Waals surface area contributed by atoms with Crippen molar-refractivity contribution in [2.75, 3.05) is 0 Å². The summed E-state index contributed by atoms with van der Waals surface area (Å²) >= 11 is 0. The summed E-state index contributed by atoms with van der Waals surface area (Å²) in [7, 11) is 0. The third kappa shape index (κ3) is 7.08. The van der Waals surface area contributed by atoms with Crippen LogP contribution in [0.3, 0.4) is 0 Å². The second kappa shape index (κ2) is 17.3. The average molecular weight is 857 g/mol. The van der Waals surface area contributed by atoms with Crippen molar-refractivity contribution < 1.29 is 0 Å². The topological polar surface area (TPSA) is 96.2 Å². The average Bonchev–Trinajstić information content (AvgIpc) is 4.10. The van der Waals surface area contributed by atoms with Crippen molar-refractivity contribution in [2.24, 2.45) is 47.3 Å². The summed E-state index contributed by atoms with van der Waals surface area (Å²) in [6.45, 7) is 0. The van der Waals surface area contributed by atoms with Crippen LogP contribution in [0.2, 0.25) is 0 Å². The summed E-state index contributed by atoms with van der Waals surface area (Å²) < 4.78 is 0. The van der Waals surface area contributed by atoms with Gasteiger partial charge in [-0.15, -0.1) is 0 Å². The van der Waals surface area contributed by atoms with E-state index < -0.39 is 0 Å². The predicted octanol–water partition coefficient (Wildman–Crippen LogP) is 8.18. The van der Waals surface area contributed by atoms with Gasteiger partial charge < -0.3 is 0 Å². The molecule has 5 heterocycles. The number of rotatable bonds is 4. The van der Waals surface area contributed by atoms with Crippen LogP contribution in [0, 0.1) is 47.3 Å². The summed E-state index contributed by atoms with van der Waals surface area (Å²) in [6.07, 6.45) is 17.8. The molecule has 4 aliphatic carbocycles. The molecule has 8 N–H and O–H groups in total. The van der Waals surface area contributed by atoms with Crippen molar-refractivity contribution in [3.05, 3.63) is 144 Å². The molecule has 9 aliphatic rings. The fourth-order valence-electron chi connectivity index (χ4n) is 16.6. The monoisotopic (exact) mass is 857 g/mol. The second-order valence-corrected chi connectivity index (χ2v) is 21.9. The third-order valence-electron chi connectivity index (χ3n) is 19.0. The molecule has 8 bridgehead atoms. The van der Waals surface area contributed by atoms with E-state index in [0.717, 1.165) is 0 Å². The van der Waals surface area contributed by atoms with Crippen LogP contribution < -0.4 is 42.5 Å².